The predicted octanol–water partition coefficient (Wildman–Crippen LogP) is 3.52. The van der Waals surface area contributed by atoms with E-state index in [1.807, 2.05) is 30.6 Å². The van der Waals surface area contributed by atoms with E-state index < -0.39 is 0 Å². The van der Waals surface area contributed by atoms with Gasteiger partial charge in [0.1, 0.15) is 5.75 Å². The number of pyridine rings is 1. The Morgan fingerprint density at radius 2 is 2.05 bits per heavy atom. The van der Waals surface area contributed by atoms with Gasteiger partial charge in [-0.3, -0.25) is 4.98 Å². The second kappa shape index (κ2) is 5.09. The lowest BCUT2D eigenvalue weighted by molar-refractivity contribution is 0.353. The van der Waals surface area contributed by atoms with Crippen LogP contribution >= 0.6 is 0 Å². The minimum atomic E-state index is 0.0780. The molecule has 1 unspecified atom stereocenters. The zero-order valence-corrected chi connectivity index (χ0v) is 11.6. The maximum Gasteiger partial charge on any atom is 0.126 e. The van der Waals surface area contributed by atoms with Gasteiger partial charge in [-0.15, -0.1) is 0 Å². The number of H-pyrrole nitrogens is 1. The van der Waals surface area contributed by atoms with Gasteiger partial charge in [-0.25, -0.2) is 0 Å². The number of nitrogens with zero attached hydrogens (tertiary/aromatic N) is 1. The van der Waals surface area contributed by atoms with Crippen molar-refractivity contribution in [2.24, 2.45) is 0 Å². The monoisotopic (exact) mass is 276 g/mol. The van der Waals surface area contributed by atoms with Crippen LogP contribution in [0.1, 0.15) is 28.4 Å². The van der Waals surface area contributed by atoms with Crippen molar-refractivity contribution in [1.82, 2.24) is 9.97 Å². The molecule has 3 heteroatoms. The molecule has 0 radical (unpaired) electrons. The van der Waals surface area contributed by atoms with Gasteiger partial charge in [-0.2, -0.15) is 0 Å². The number of nitrogens with one attached hydrogen (secondary N) is 1. The number of hydrogen-bond donors (Lipinski definition) is 1. The maximum atomic E-state index is 5.89. The summed E-state index contributed by atoms with van der Waals surface area (Å²) in [4.78, 5) is 7.89. The highest BCUT2D eigenvalue weighted by molar-refractivity contribution is 5.51. The van der Waals surface area contributed by atoms with Gasteiger partial charge >= 0.3 is 0 Å². The van der Waals surface area contributed by atoms with E-state index in [0.29, 0.717) is 0 Å². The zero-order chi connectivity index (χ0) is 14.1. The molecular weight excluding hydrogens is 260 g/mol. The van der Waals surface area contributed by atoms with Crippen LogP contribution in [0.5, 0.6) is 5.75 Å². The van der Waals surface area contributed by atoms with Crippen LogP contribution in [0.15, 0.2) is 60.9 Å². The summed E-state index contributed by atoms with van der Waals surface area (Å²) in [5, 5.41) is 0. The Morgan fingerprint density at radius 1 is 1.05 bits per heavy atom. The summed E-state index contributed by atoms with van der Waals surface area (Å²) in [7, 11) is 0. The summed E-state index contributed by atoms with van der Waals surface area (Å²) in [6.07, 6.45) is 4.79. The van der Waals surface area contributed by atoms with Gasteiger partial charge < -0.3 is 9.72 Å². The highest BCUT2D eigenvalue weighted by Crippen LogP contribution is 2.39. The SMILES string of the molecule is c1ccc(C(c2ccc[nH]2)c2cccc3c2OCC3)nc1. The molecule has 2 aromatic heterocycles. The molecule has 0 saturated carbocycles. The Kier molecular flexibility index (Phi) is 2.96. The number of aromatic amines is 1. The Bertz CT molecular complexity index is 735. The highest BCUT2D eigenvalue weighted by atomic mass is 16.5. The lowest BCUT2D eigenvalue weighted by Gasteiger charge is -2.18. The van der Waals surface area contributed by atoms with Gasteiger partial charge in [-0.1, -0.05) is 24.3 Å². The third kappa shape index (κ3) is 2.11. The van der Waals surface area contributed by atoms with Gasteiger partial charge in [0.25, 0.3) is 0 Å². The number of rotatable bonds is 3. The first-order chi connectivity index (χ1) is 10.4. The summed E-state index contributed by atoms with van der Waals surface area (Å²) < 4.78 is 5.89. The summed E-state index contributed by atoms with van der Waals surface area (Å²) >= 11 is 0. The van der Waals surface area contributed by atoms with Crippen molar-refractivity contribution in [2.75, 3.05) is 6.61 Å². The largest absolute Gasteiger partial charge is 0.493 e. The smallest absolute Gasteiger partial charge is 0.126 e. The zero-order valence-electron chi connectivity index (χ0n) is 11.6. The molecule has 1 atom stereocenters. The minimum Gasteiger partial charge on any atom is -0.493 e. The molecule has 0 saturated heterocycles. The number of benzene rings is 1. The number of hydrogen-bond acceptors (Lipinski definition) is 2. The van der Waals surface area contributed by atoms with E-state index in [1.165, 1.54) is 11.1 Å². The summed E-state index contributed by atoms with van der Waals surface area (Å²) in [6, 6.07) is 16.6. The molecule has 1 aliphatic rings. The van der Waals surface area contributed by atoms with E-state index in [0.717, 1.165) is 30.2 Å². The average molecular weight is 276 g/mol. The van der Waals surface area contributed by atoms with Crippen LogP contribution in [0.3, 0.4) is 0 Å². The fraction of sp³-hybridized carbons (Fsp3) is 0.167. The Labute approximate surface area is 123 Å². The lowest BCUT2D eigenvalue weighted by Crippen LogP contribution is -2.07. The summed E-state index contributed by atoms with van der Waals surface area (Å²) in [6.45, 7) is 0.770. The second-order valence-electron chi connectivity index (χ2n) is 5.25. The van der Waals surface area contributed by atoms with Crippen LogP contribution in [-0.2, 0) is 6.42 Å². The van der Waals surface area contributed by atoms with Gasteiger partial charge in [0.15, 0.2) is 0 Å². The van der Waals surface area contributed by atoms with E-state index in [-0.39, 0.29) is 5.92 Å². The standard InChI is InChI=1S/C18H16N2O/c1-2-10-19-15(7-1)17(16-8-4-11-20-16)14-6-3-5-13-9-12-21-18(13)14/h1-8,10-11,17,20H,9,12H2. The molecule has 1 N–H and O–H groups in total. The van der Waals surface area contributed by atoms with Gasteiger partial charge in [0.05, 0.1) is 18.2 Å². The van der Waals surface area contributed by atoms with Crippen LogP contribution in [-0.4, -0.2) is 16.6 Å². The molecule has 104 valence electrons. The normalized spacial score (nSPS) is 14.5. The molecule has 0 bridgehead atoms. The molecular formula is C18H16N2O. The molecule has 1 aliphatic heterocycles. The molecule has 3 heterocycles. The summed E-state index contributed by atoms with van der Waals surface area (Å²) in [5.74, 6) is 1.11. The Morgan fingerprint density at radius 3 is 2.86 bits per heavy atom. The molecule has 1 aromatic carbocycles. The maximum absolute atomic E-state index is 5.89. The molecule has 0 aliphatic carbocycles. The van der Waals surface area contributed by atoms with Crippen LogP contribution in [0, 0.1) is 0 Å². The van der Waals surface area contributed by atoms with Crippen LogP contribution in [0.2, 0.25) is 0 Å². The van der Waals surface area contributed by atoms with Crippen LogP contribution in [0.4, 0.5) is 0 Å². The first-order valence-corrected chi connectivity index (χ1v) is 7.22. The molecule has 21 heavy (non-hydrogen) atoms. The number of ether oxygens (including phenoxy) is 1. The van der Waals surface area contributed by atoms with Crippen molar-refractivity contribution in [3.05, 3.63) is 83.4 Å². The lowest BCUT2D eigenvalue weighted by atomic mass is 9.90. The van der Waals surface area contributed by atoms with Crippen LogP contribution in [0.25, 0.3) is 0 Å². The molecule has 0 amide bonds. The van der Waals surface area contributed by atoms with E-state index in [9.17, 15) is 0 Å². The number of fused-ring (bicyclic) bond motifs is 1. The average Bonchev–Trinajstić information content (AvgIpc) is 3.20. The van der Waals surface area contributed by atoms with Gasteiger partial charge in [-0.05, 0) is 29.8 Å². The summed E-state index contributed by atoms with van der Waals surface area (Å²) in [5.41, 5.74) is 4.65. The number of aromatic nitrogens is 2. The minimum absolute atomic E-state index is 0.0780. The predicted molar refractivity (Wildman–Crippen MR) is 81.6 cm³/mol. The quantitative estimate of drug-likeness (QED) is 0.794. The van der Waals surface area contributed by atoms with Crippen molar-refractivity contribution >= 4 is 0 Å². The first-order valence-electron chi connectivity index (χ1n) is 7.22. The molecule has 0 spiro atoms. The highest BCUT2D eigenvalue weighted by Gasteiger charge is 2.26. The van der Waals surface area contributed by atoms with Gasteiger partial charge in [0.2, 0.25) is 0 Å². The van der Waals surface area contributed by atoms with Crippen molar-refractivity contribution in [3.63, 3.8) is 0 Å². The van der Waals surface area contributed by atoms with Crippen LogP contribution < -0.4 is 4.74 Å². The molecule has 3 nitrogen and oxygen atoms in total. The molecule has 4 rings (SSSR count). The van der Waals surface area contributed by atoms with E-state index >= 15 is 0 Å². The molecule has 0 fully saturated rings. The fourth-order valence-corrected chi connectivity index (χ4v) is 3.02. The van der Waals surface area contributed by atoms with Gasteiger partial charge in [0, 0.05) is 30.1 Å². The van der Waals surface area contributed by atoms with Crippen molar-refractivity contribution in [1.29, 1.82) is 0 Å². The van der Waals surface area contributed by atoms with E-state index in [2.05, 4.69) is 40.3 Å². The first kappa shape index (κ1) is 12.2. The van der Waals surface area contributed by atoms with Crippen molar-refractivity contribution < 1.29 is 4.74 Å². The van der Waals surface area contributed by atoms with E-state index in [1.54, 1.807) is 0 Å². The third-order valence-electron chi connectivity index (χ3n) is 3.97. The Hall–Kier alpha value is -2.55. The second-order valence-corrected chi connectivity index (χ2v) is 5.25. The topological polar surface area (TPSA) is 37.9 Å². The Balaban J connectivity index is 1.90. The van der Waals surface area contributed by atoms with Crippen molar-refractivity contribution in [3.8, 4) is 5.75 Å². The number of para-hydroxylation sites is 1. The van der Waals surface area contributed by atoms with Crippen molar-refractivity contribution in [2.45, 2.75) is 12.3 Å². The third-order valence-corrected chi connectivity index (χ3v) is 3.97. The fourth-order valence-electron chi connectivity index (χ4n) is 3.02. The van der Waals surface area contributed by atoms with E-state index in [4.69, 9.17) is 4.74 Å². The molecule has 3 aromatic rings.